The van der Waals surface area contributed by atoms with Crippen molar-refractivity contribution in [2.24, 2.45) is 0 Å². The number of nitrogens with zero attached hydrogens (tertiary/aromatic N) is 1. The third-order valence-electron chi connectivity index (χ3n) is 3.64. The van der Waals surface area contributed by atoms with Crippen LogP contribution in [0.3, 0.4) is 0 Å². The van der Waals surface area contributed by atoms with Crippen molar-refractivity contribution in [1.29, 1.82) is 0 Å². The predicted octanol–water partition coefficient (Wildman–Crippen LogP) is 4.10. The first kappa shape index (κ1) is 19.6. The van der Waals surface area contributed by atoms with E-state index in [9.17, 15) is 13.2 Å². The summed E-state index contributed by atoms with van der Waals surface area (Å²) >= 11 is 12.1. The monoisotopic (exact) mass is 400 g/mol. The number of carbonyl (C=O) groups excluding carboxylic acids is 1. The normalized spacial score (nSPS) is 12.5. The van der Waals surface area contributed by atoms with Gasteiger partial charge in [0.2, 0.25) is 15.9 Å². The summed E-state index contributed by atoms with van der Waals surface area (Å²) < 4.78 is 25.6. The van der Waals surface area contributed by atoms with Crippen LogP contribution in [0.5, 0.6) is 0 Å². The molecule has 1 N–H and O–H groups in total. The number of para-hydroxylation sites is 1. The number of nitrogens with one attached hydrogen (secondary N) is 1. The first-order valence-electron chi connectivity index (χ1n) is 7.42. The molecule has 0 aliphatic heterocycles. The lowest BCUT2D eigenvalue weighted by molar-refractivity contribution is -0.116. The van der Waals surface area contributed by atoms with Crippen LogP contribution < -0.4 is 9.62 Å². The van der Waals surface area contributed by atoms with E-state index in [-0.39, 0.29) is 10.7 Å². The summed E-state index contributed by atoms with van der Waals surface area (Å²) in [5.41, 5.74) is 1.64. The smallest absolute Gasteiger partial charge is 0.248 e. The Kier molecular flexibility index (Phi) is 5.98. The van der Waals surface area contributed by atoms with Gasteiger partial charge in [0.15, 0.2) is 0 Å². The molecule has 0 aromatic heterocycles. The van der Waals surface area contributed by atoms with Crippen molar-refractivity contribution in [3.05, 3.63) is 58.1 Å². The van der Waals surface area contributed by atoms with Crippen molar-refractivity contribution in [3.63, 3.8) is 0 Å². The van der Waals surface area contributed by atoms with E-state index < -0.39 is 22.0 Å². The zero-order valence-electron chi connectivity index (χ0n) is 14.0. The van der Waals surface area contributed by atoms with Gasteiger partial charge in [-0.25, -0.2) is 8.42 Å². The molecule has 0 saturated carbocycles. The van der Waals surface area contributed by atoms with Crippen LogP contribution in [0.4, 0.5) is 11.4 Å². The fourth-order valence-electron chi connectivity index (χ4n) is 2.39. The van der Waals surface area contributed by atoms with E-state index in [0.29, 0.717) is 10.7 Å². The average molecular weight is 401 g/mol. The fraction of sp³-hybridized carbons (Fsp3) is 0.235. The maximum Gasteiger partial charge on any atom is 0.248 e. The Morgan fingerprint density at radius 2 is 1.80 bits per heavy atom. The summed E-state index contributed by atoms with van der Waals surface area (Å²) in [6.45, 7) is 3.34. The molecule has 25 heavy (non-hydrogen) atoms. The van der Waals surface area contributed by atoms with Crippen LogP contribution in [0.15, 0.2) is 42.5 Å². The highest BCUT2D eigenvalue weighted by molar-refractivity contribution is 7.92. The van der Waals surface area contributed by atoms with Crippen LogP contribution in [0, 0.1) is 6.92 Å². The molecular weight excluding hydrogens is 383 g/mol. The topological polar surface area (TPSA) is 66.5 Å². The van der Waals surface area contributed by atoms with Gasteiger partial charge >= 0.3 is 0 Å². The second kappa shape index (κ2) is 7.64. The van der Waals surface area contributed by atoms with Crippen molar-refractivity contribution in [2.45, 2.75) is 19.9 Å². The fourth-order valence-corrected chi connectivity index (χ4v) is 3.99. The zero-order valence-corrected chi connectivity index (χ0v) is 16.3. The highest BCUT2D eigenvalue weighted by atomic mass is 35.5. The molecule has 134 valence electrons. The van der Waals surface area contributed by atoms with Crippen LogP contribution >= 0.6 is 23.2 Å². The number of amides is 1. The molecule has 2 rings (SSSR count). The Bertz CT molecular complexity index is 901. The van der Waals surface area contributed by atoms with Gasteiger partial charge in [0, 0.05) is 10.7 Å². The van der Waals surface area contributed by atoms with Gasteiger partial charge in [-0.2, -0.15) is 0 Å². The standard InChI is InChI=1S/C17H18Cl2N2O3S/c1-11-6-4-5-7-15(11)20-17(22)12(2)21(25(3,23)24)16-10-13(18)8-9-14(16)19/h4-10,12H,1-3H3,(H,20,22)/t12-/m1/s1. The van der Waals surface area contributed by atoms with Gasteiger partial charge in [0.1, 0.15) is 6.04 Å². The molecule has 2 aromatic rings. The van der Waals surface area contributed by atoms with E-state index in [1.165, 1.54) is 19.1 Å². The Morgan fingerprint density at radius 1 is 1.16 bits per heavy atom. The summed E-state index contributed by atoms with van der Waals surface area (Å²) in [4.78, 5) is 12.6. The maximum atomic E-state index is 12.6. The van der Waals surface area contributed by atoms with Gasteiger partial charge in [-0.1, -0.05) is 41.4 Å². The molecule has 2 aromatic carbocycles. The molecule has 0 fully saturated rings. The minimum absolute atomic E-state index is 0.157. The molecule has 0 aliphatic carbocycles. The molecule has 5 nitrogen and oxygen atoms in total. The molecule has 0 saturated heterocycles. The Balaban J connectivity index is 2.40. The molecule has 0 bridgehead atoms. The zero-order chi connectivity index (χ0) is 18.8. The second-order valence-corrected chi connectivity index (χ2v) is 8.34. The predicted molar refractivity (Wildman–Crippen MR) is 103 cm³/mol. The van der Waals surface area contributed by atoms with Crippen LogP contribution in [0.25, 0.3) is 0 Å². The molecular formula is C17H18Cl2N2O3S. The summed E-state index contributed by atoms with van der Waals surface area (Å²) in [5, 5.41) is 3.25. The number of rotatable bonds is 5. The summed E-state index contributed by atoms with van der Waals surface area (Å²) in [6, 6.07) is 10.7. The van der Waals surface area contributed by atoms with Crippen molar-refractivity contribution in [3.8, 4) is 0 Å². The minimum Gasteiger partial charge on any atom is -0.324 e. The van der Waals surface area contributed by atoms with Crippen molar-refractivity contribution >= 4 is 50.5 Å². The lowest BCUT2D eigenvalue weighted by Crippen LogP contribution is -2.45. The maximum absolute atomic E-state index is 12.6. The first-order valence-corrected chi connectivity index (χ1v) is 10.0. The molecule has 0 aliphatic rings. The van der Waals surface area contributed by atoms with E-state index in [2.05, 4.69) is 5.32 Å². The SMILES string of the molecule is Cc1ccccc1NC(=O)[C@@H](C)N(c1cc(Cl)ccc1Cl)S(C)(=O)=O. The number of aryl methyl sites for hydroxylation is 1. The lowest BCUT2D eigenvalue weighted by atomic mass is 10.2. The van der Waals surface area contributed by atoms with E-state index >= 15 is 0 Å². The highest BCUT2D eigenvalue weighted by Gasteiger charge is 2.31. The average Bonchev–Trinajstić information content (AvgIpc) is 2.51. The largest absolute Gasteiger partial charge is 0.324 e. The van der Waals surface area contributed by atoms with E-state index in [1.807, 2.05) is 19.1 Å². The molecule has 0 spiro atoms. The van der Waals surface area contributed by atoms with E-state index in [0.717, 1.165) is 16.1 Å². The minimum atomic E-state index is -3.77. The molecule has 8 heteroatoms. The van der Waals surface area contributed by atoms with Gasteiger partial charge in [-0.15, -0.1) is 0 Å². The molecule has 1 amide bonds. The van der Waals surface area contributed by atoms with Crippen molar-refractivity contribution < 1.29 is 13.2 Å². The van der Waals surface area contributed by atoms with Gasteiger partial charge in [0.05, 0.1) is 17.0 Å². The number of benzene rings is 2. The van der Waals surface area contributed by atoms with Gasteiger partial charge in [0.25, 0.3) is 0 Å². The quantitative estimate of drug-likeness (QED) is 0.821. The van der Waals surface area contributed by atoms with Crippen molar-refractivity contribution in [1.82, 2.24) is 0 Å². The third kappa shape index (κ3) is 4.66. The van der Waals surface area contributed by atoms with Crippen LogP contribution in [0.2, 0.25) is 10.0 Å². The molecule has 0 radical (unpaired) electrons. The summed E-state index contributed by atoms with van der Waals surface area (Å²) in [5.74, 6) is -0.476. The highest BCUT2D eigenvalue weighted by Crippen LogP contribution is 2.32. The van der Waals surface area contributed by atoms with Crippen LogP contribution in [-0.2, 0) is 14.8 Å². The lowest BCUT2D eigenvalue weighted by Gasteiger charge is -2.29. The molecule has 1 atom stereocenters. The third-order valence-corrected chi connectivity index (χ3v) is 5.42. The molecule has 0 heterocycles. The second-order valence-electron chi connectivity index (χ2n) is 5.63. The first-order chi connectivity index (χ1) is 11.6. The summed E-state index contributed by atoms with van der Waals surface area (Å²) in [6.07, 6.45) is 1.02. The number of sulfonamides is 1. The van der Waals surface area contributed by atoms with Crippen LogP contribution in [-0.4, -0.2) is 26.6 Å². The number of anilines is 2. The number of hydrogen-bond donors (Lipinski definition) is 1. The number of halogens is 2. The van der Waals surface area contributed by atoms with Gasteiger partial charge in [-0.05, 0) is 43.7 Å². The Hall–Kier alpha value is -1.76. The molecule has 0 unspecified atom stereocenters. The Morgan fingerprint density at radius 3 is 2.40 bits per heavy atom. The van der Waals surface area contributed by atoms with E-state index in [4.69, 9.17) is 23.2 Å². The van der Waals surface area contributed by atoms with Crippen LogP contribution in [0.1, 0.15) is 12.5 Å². The van der Waals surface area contributed by atoms with Gasteiger partial charge < -0.3 is 5.32 Å². The number of hydrogen-bond acceptors (Lipinski definition) is 3. The van der Waals surface area contributed by atoms with Gasteiger partial charge in [-0.3, -0.25) is 9.10 Å². The van der Waals surface area contributed by atoms with Crippen molar-refractivity contribution in [2.75, 3.05) is 15.9 Å². The Labute approximate surface area is 157 Å². The van der Waals surface area contributed by atoms with E-state index in [1.54, 1.807) is 18.2 Å². The summed E-state index contributed by atoms with van der Waals surface area (Å²) in [7, 11) is -3.77. The number of carbonyl (C=O) groups is 1.